The Labute approximate surface area is 55.8 Å². The van der Waals surface area contributed by atoms with Gasteiger partial charge in [-0.25, -0.2) is 0 Å². The molecule has 0 saturated carbocycles. The van der Waals surface area contributed by atoms with Gasteiger partial charge in [-0.3, -0.25) is 0 Å². The maximum atomic E-state index is 2.29. The van der Waals surface area contributed by atoms with Crippen LogP contribution >= 0.6 is 6.01 Å². The van der Waals surface area contributed by atoms with Crippen molar-refractivity contribution in [2.24, 2.45) is 0 Å². The fourth-order valence-electron chi connectivity index (χ4n) is 0.450. The van der Waals surface area contributed by atoms with Gasteiger partial charge >= 0.3 is 55.5 Å². The molecule has 0 amide bonds. The van der Waals surface area contributed by atoms with Crippen LogP contribution in [0.2, 0.25) is 0 Å². The molecule has 2 heteroatoms. The van der Waals surface area contributed by atoms with E-state index >= 15 is 0 Å². The second-order valence-corrected chi connectivity index (χ2v) is 6.33. The molecular weight excluding hydrogens is 187 g/mol. The molecule has 7 heavy (non-hydrogen) atoms. The van der Waals surface area contributed by atoms with E-state index in [1.54, 1.807) is 0 Å². The fourth-order valence-corrected chi connectivity index (χ4v) is 2.35. The Hall–Kier alpha value is 0.598. The molecule has 0 aromatic rings. The van der Waals surface area contributed by atoms with E-state index in [0.717, 1.165) is 0 Å². The minimum atomic E-state index is 0.251. The molecule has 37 valence electrons. The Bertz CT molecular complexity index is 107. The summed E-state index contributed by atoms with van der Waals surface area (Å²) in [5.74, 6) is 2.29. The summed E-state index contributed by atoms with van der Waals surface area (Å²) in [6.07, 6.45) is 7.77. The molecule has 0 bridgehead atoms. The third kappa shape index (κ3) is 1.89. The van der Waals surface area contributed by atoms with Crippen molar-refractivity contribution in [2.45, 2.75) is 0 Å². The first-order valence-corrected chi connectivity index (χ1v) is 6.37. The van der Waals surface area contributed by atoms with Crippen LogP contribution in [0, 0.1) is 0 Å². The molecule has 1 rings (SSSR count). The van der Waals surface area contributed by atoms with Gasteiger partial charge in [0.25, 0.3) is 0 Å². The number of hydrogen-bond donors (Lipinski definition) is 0. The molecule has 0 saturated heterocycles. The predicted molar refractivity (Wildman–Crippen MR) is 30.1 cm³/mol. The van der Waals surface area contributed by atoms with Gasteiger partial charge in [0, 0.05) is 0 Å². The van der Waals surface area contributed by atoms with E-state index < -0.39 is 0 Å². The van der Waals surface area contributed by atoms with E-state index in [-0.39, 0.29) is 6.01 Å². The third-order valence-corrected chi connectivity index (χ3v) is 3.86. The number of rotatable bonds is 0. The van der Waals surface area contributed by atoms with Gasteiger partial charge < -0.3 is 0 Å². The molecule has 1 aliphatic rings. The molecule has 0 aromatic heterocycles. The Morgan fingerprint density at radius 3 is 2.57 bits per heavy atom. The van der Waals surface area contributed by atoms with Crippen LogP contribution in [0.5, 0.6) is 0 Å². The van der Waals surface area contributed by atoms with Crippen molar-refractivity contribution >= 4 is 6.01 Å². The SMILES string of the molecule is [Mo][P]1C=CC=CC1. The van der Waals surface area contributed by atoms with Crippen LogP contribution in [-0.4, -0.2) is 6.16 Å². The van der Waals surface area contributed by atoms with E-state index in [0.29, 0.717) is 0 Å². The maximum absolute atomic E-state index is 2.29. The zero-order valence-corrected chi connectivity index (χ0v) is 6.77. The van der Waals surface area contributed by atoms with Crippen LogP contribution < -0.4 is 0 Å². The normalized spacial score (nSPS) is 28.3. The van der Waals surface area contributed by atoms with Crippen LogP contribution in [0.4, 0.5) is 0 Å². The quantitative estimate of drug-likeness (QED) is 0.407. The van der Waals surface area contributed by atoms with E-state index in [1.807, 2.05) is 0 Å². The van der Waals surface area contributed by atoms with Gasteiger partial charge in [-0.2, -0.15) is 0 Å². The van der Waals surface area contributed by atoms with E-state index in [1.165, 1.54) is 6.16 Å². The van der Waals surface area contributed by atoms with Gasteiger partial charge in [-0.15, -0.1) is 0 Å². The van der Waals surface area contributed by atoms with Crippen LogP contribution in [0.3, 0.4) is 0 Å². The average Bonchev–Trinajstić information content (AvgIpc) is 1.69. The standard InChI is InChI=1S/C5H6P.Mo/c1-2-4-6-5-3-1;/h1-4H,5H2;/q-1;+1. The first-order valence-electron chi connectivity index (χ1n) is 2.17. The summed E-state index contributed by atoms with van der Waals surface area (Å²) >= 11 is 2.22. The summed E-state index contributed by atoms with van der Waals surface area (Å²) in [6.45, 7) is 0. The number of allylic oxidation sites excluding steroid dienone is 3. The van der Waals surface area contributed by atoms with Crippen molar-refractivity contribution in [3.63, 3.8) is 0 Å². The summed E-state index contributed by atoms with van der Waals surface area (Å²) in [5.41, 5.74) is 0. The Morgan fingerprint density at radius 1 is 1.43 bits per heavy atom. The molecule has 0 aliphatic carbocycles. The van der Waals surface area contributed by atoms with Crippen molar-refractivity contribution in [3.8, 4) is 0 Å². The molecule has 0 radical (unpaired) electrons. The van der Waals surface area contributed by atoms with E-state index in [9.17, 15) is 0 Å². The molecule has 0 aromatic carbocycles. The van der Waals surface area contributed by atoms with Crippen LogP contribution in [0.15, 0.2) is 24.0 Å². The van der Waals surface area contributed by atoms with Gasteiger partial charge in [-0.1, -0.05) is 0 Å². The second-order valence-electron chi connectivity index (χ2n) is 1.37. The second kappa shape index (κ2) is 2.80. The molecule has 0 spiro atoms. The third-order valence-electron chi connectivity index (χ3n) is 0.785. The summed E-state index contributed by atoms with van der Waals surface area (Å²) in [6, 6.07) is 0.251. The fraction of sp³-hybridized carbons (Fsp3) is 0.200. The van der Waals surface area contributed by atoms with Crippen molar-refractivity contribution in [3.05, 3.63) is 24.0 Å². The van der Waals surface area contributed by atoms with Gasteiger partial charge in [0.1, 0.15) is 0 Å². The van der Waals surface area contributed by atoms with Crippen molar-refractivity contribution in [1.29, 1.82) is 0 Å². The zero-order chi connectivity index (χ0) is 5.11. The molecule has 1 heterocycles. The zero-order valence-electron chi connectivity index (χ0n) is 3.87. The molecule has 0 nitrogen and oxygen atoms in total. The monoisotopic (exact) mass is 195 g/mol. The van der Waals surface area contributed by atoms with Gasteiger partial charge in [0.05, 0.1) is 0 Å². The summed E-state index contributed by atoms with van der Waals surface area (Å²) < 4.78 is 0. The van der Waals surface area contributed by atoms with Crippen molar-refractivity contribution in [2.75, 3.05) is 6.16 Å². The summed E-state index contributed by atoms with van der Waals surface area (Å²) in [7, 11) is 0. The molecule has 1 aliphatic heterocycles. The predicted octanol–water partition coefficient (Wildman–Crippen LogP) is 2.01. The topological polar surface area (TPSA) is 0 Å². The van der Waals surface area contributed by atoms with Crippen LogP contribution in [-0.2, 0) is 19.3 Å². The minimum absolute atomic E-state index is 0.251. The molecule has 0 N–H and O–H groups in total. The van der Waals surface area contributed by atoms with Crippen molar-refractivity contribution < 1.29 is 19.3 Å². The van der Waals surface area contributed by atoms with E-state index in [2.05, 4.69) is 43.4 Å². The molecule has 0 fully saturated rings. The number of hydrogen-bond acceptors (Lipinski definition) is 0. The van der Waals surface area contributed by atoms with Crippen LogP contribution in [0.1, 0.15) is 0 Å². The van der Waals surface area contributed by atoms with Gasteiger partial charge in [0.2, 0.25) is 0 Å². The Morgan fingerprint density at radius 2 is 2.29 bits per heavy atom. The van der Waals surface area contributed by atoms with Gasteiger partial charge in [0.15, 0.2) is 0 Å². The molecular formula is C5H6MoP. The Balaban J connectivity index is 2.49. The average molecular weight is 193 g/mol. The summed E-state index contributed by atoms with van der Waals surface area (Å²) in [4.78, 5) is 0. The van der Waals surface area contributed by atoms with Gasteiger partial charge in [-0.05, 0) is 0 Å². The van der Waals surface area contributed by atoms with E-state index in [4.69, 9.17) is 0 Å². The molecule has 1 atom stereocenters. The van der Waals surface area contributed by atoms with Crippen LogP contribution in [0.25, 0.3) is 0 Å². The molecule has 1 unspecified atom stereocenters. The first-order chi connectivity index (χ1) is 3.39. The Kier molecular flexibility index (Phi) is 2.29. The first kappa shape index (κ1) is 5.73. The summed E-state index contributed by atoms with van der Waals surface area (Å²) in [5, 5.41) is 0. The van der Waals surface area contributed by atoms with Crippen molar-refractivity contribution in [1.82, 2.24) is 0 Å².